The van der Waals surface area contributed by atoms with Crippen LogP contribution in [-0.2, 0) is 7.05 Å². The lowest BCUT2D eigenvalue weighted by atomic mass is 10.2. The first-order chi connectivity index (χ1) is 10.2. The molecule has 0 fully saturated rings. The number of amides is 1. The topological polar surface area (TPSA) is 51.4 Å². The van der Waals surface area contributed by atoms with E-state index in [4.69, 9.17) is 0 Å². The Bertz CT molecular complexity index is 940. The van der Waals surface area contributed by atoms with Gasteiger partial charge in [0, 0.05) is 12.6 Å². The summed E-state index contributed by atoms with van der Waals surface area (Å²) in [5, 5.41) is 0.635. The molecule has 5 heteroatoms. The van der Waals surface area contributed by atoms with Gasteiger partial charge in [-0.2, -0.15) is 4.99 Å². The largest absolute Gasteiger partial charge is 0.320 e. The van der Waals surface area contributed by atoms with Gasteiger partial charge in [0.15, 0.2) is 4.80 Å². The maximum absolute atomic E-state index is 12.1. The Labute approximate surface area is 124 Å². The average molecular weight is 296 g/mol. The van der Waals surface area contributed by atoms with Crippen LogP contribution in [0.1, 0.15) is 10.4 Å². The number of rotatable bonds is 1. The van der Waals surface area contributed by atoms with Crippen molar-refractivity contribution < 1.29 is 4.79 Å². The maximum atomic E-state index is 12.1. The Kier molecular flexibility index (Phi) is 3.50. The fourth-order valence-corrected chi connectivity index (χ4v) is 2.89. The van der Waals surface area contributed by atoms with Crippen LogP contribution in [0.15, 0.2) is 64.4 Å². The van der Waals surface area contributed by atoms with Gasteiger partial charge in [-0.1, -0.05) is 41.7 Å². The lowest BCUT2D eigenvalue weighted by Crippen LogP contribution is -2.21. The molecular formula is C16H12N2O2S. The van der Waals surface area contributed by atoms with Crippen molar-refractivity contribution in [3.63, 3.8) is 0 Å². The van der Waals surface area contributed by atoms with Crippen LogP contribution >= 0.6 is 11.3 Å². The van der Waals surface area contributed by atoms with E-state index in [-0.39, 0.29) is 10.6 Å². The molecule has 4 nitrogen and oxygen atoms in total. The number of carbonyl (C=O) groups is 1. The number of carbonyl (C=O) groups excluding carboxylic acids is 1. The second-order valence-electron chi connectivity index (χ2n) is 4.53. The van der Waals surface area contributed by atoms with Gasteiger partial charge in [-0.3, -0.25) is 9.59 Å². The van der Waals surface area contributed by atoms with E-state index in [2.05, 4.69) is 4.99 Å². The zero-order chi connectivity index (χ0) is 14.8. The van der Waals surface area contributed by atoms with E-state index < -0.39 is 0 Å². The first-order valence-electron chi connectivity index (χ1n) is 6.40. The minimum atomic E-state index is -0.350. The summed E-state index contributed by atoms with van der Waals surface area (Å²) in [4.78, 5) is 28.7. The van der Waals surface area contributed by atoms with Crippen LogP contribution < -0.4 is 9.54 Å². The Morgan fingerprint density at radius 1 is 1.05 bits per heavy atom. The standard InChI is InChI=1S/C16H12N2O2S/c1-18-13-10-6-5-9-12(13)15(20)21-16(18)17-14(19)11-7-3-2-4-8-11/h2-10H,1H3. The van der Waals surface area contributed by atoms with Crippen LogP contribution in [0.2, 0.25) is 0 Å². The quantitative estimate of drug-likeness (QED) is 0.692. The molecule has 0 aliphatic carbocycles. The van der Waals surface area contributed by atoms with Crippen molar-refractivity contribution in [1.82, 2.24) is 4.57 Å². The molecule has 104 valence electrons. The van der Waals surface area contributed by atoms with Crippen molar-refractivity contribution >= 4 is 28.1 Å². The van der Waals surface area contributed by atoms with E-state index in [1.807, 2.05) is 24.3 Å². The number of hydrogen-bond donors (Lipinski definition) is 0. The predicted octanol–water partition coefficient (Wildman–Crippen LogP) is 2.34. The molecule has 0 atom stereocenters. The van der Waals surface area contributed by atoms with Crippen molar-refractivity contribution in [3.8, 4) is 0 Å². The first kappa shape index (κ1) is 13.5. The number of aryl methyl sites for hydroxylation is 1. The highest BCUT2D eigenvalue weighted by atomic mass is 32.1. The molecule has 3 rings (SSSR count). The molecule has 1 heterocycles. The third-order valence-corrected chi connectivity index (χ3v) is 4.13. The number of benzene rings is 2. The molecule has 0 unspecified atom stereocenters. The van der Waals surface area contributed by atoms with E-state index in [9.17, 15) is 9.59 Å². The third-order valence-electron chi connectivity index (χ3n) is 3.17. The minimum Gasteiger partial charge on any atom is -0.320 e. The summed E-state index contributed by atoms with van der Waals surface area (Å²) in [6, 6.07) is 16.1. The van der Waals surface area contributed by atoms with E-state index in [0.29, 0.717) is 15.8 Å². The van der Waals surface area contributed by atoms with Crippen LogP contribution in [-0.4, -0.2) is 10.5 Å². The number of hydrogen-bond acceptors (Lipinski definition) is 3. The zero-order valence-electron chi connectivity index (χ0n) is 11.3. The van der Waals surface area contributed by atoms with Gasteiger partial charge in [0.1, 0.15) is 0 Å². The van der Waals surface area contributed by atoms with Crippen molar-refractivity contribution in [2.24, 2.45) is 12.0 Å². The molecule has 1 amide bonds. The molecule has 0 saturated carbocycles. The molecular weight excluding hydrogens is 284 g/mol. The van der Waals surface area contributed by atoms with E-state index in [1.54, 1.807) is 41.9 Å². The number of fused-ring (bicyclic) bond motifs is 1. The fraction of sp³-hybridized carbons (Fsp3) is 0.0625. The van der Waals surface area contributed by atoms with Gasteiger partial charge < -0.3 is 4.57 Å². The molecule has 0 radical (unpaired) electrons. The fourth-order valence-electron chi connectivity index (χ4n) is 2.08. The Morgan fingerprint density at radius 2 is 1.71 bits per heavy atom. The Balaban J connectivity index is 2.22. The third kappa shape index (κ3) is 2.55. The van der Waals surface area contributed by atoms with Crippen LogP contribution in [0.5, 0.6) is 0 Å². The molecule has 0 saturated heterocycles. The summed E-state index contributed by atoms with van der Waals surface area (Å²) in [7, 11) is 1.80. The van der Waals surface area contributed by atoms with Gasteiger partial charge in [0.25, 0.3) is 5.91 Å². The molecule has 0 aliphatic heterocycles. The second kappa shape index (κ2) is 5.46. The molecule has 1 aromatic heterocycles. The van der Waals surface area contributed by atoms with Gasteiger partial charge >= 0.3 is 0 Å². The van der Waals surface area contributed by atoms with Gasteiger partial charge in [-0.05, 0) is 24.3 Å². The summed E-state index contributed by atoms with van der Waals surface area (Å²) in [5.41, 5.74) is 1.27. The smallest absolute Gasteiger partial charge is 0.279 e. The van der Waals surface area contributed by atoms with Crippen LogP contribution in [0.25, 0.3) is 10.9 Å². The zero-order valence-corrected chi connectivity index (χ0v) is 12.1. The Morgan fingerprint density at radius 3 is 2.48 bits per heavy atom. The van der Waals surface area contributed by atoms with Crippen LogP contribution in [0, 0.1) is 0 Å². The number of para-hydroxylation sites is 1. The van der Waals surface area contributed by atoms with Crippen LogP contribution in [0.4, 0.5) is 0 Å². The molecule has 2 aromatic carbocycles. The molecule has 0 spiro atoms. The first-order valence-corrected chi connectivity index (χ1v) is 7.21. The summed E-state index contributed by atoms with van der Waals surface area (Å²) < 4.78 is 1.67. The molecule has 3 aromatic rings. The van der Waals surface area contributed by atoms with Gasteiger partial charge in [-0.25, -0.2) is 0 Å². The number of aromatic nitrogens is 1. The highest BCUT2D eigenvalue weighted by molar-refractivity contribution is 7.07. The summed E-state index contributed by atoms with van der Waals surface area (Å²) in [6.07, 6.45) is 0. The van der Waals surface area contributed by atoms with E-state index >= 15 is 0 Å². The summed E-state index contributed by atoms with van der Waals surface area (Å²) in [5.74, 6) is -0.350. The van der Waals surface area contributed by atoms with Crippen LogP contribution in [0.3, 0.4) is 0 Å². The van der Waals surface area contributed by atoms with Gasteiger partial charge in [0.05, 0.1) is 10.9 Å². The molecule has 0 N–H and O–H groups in total. The lowest BCUT2D eigenvalue weighted by Gasteiger charge is -2.04. The molecule has 21 heavy (non-hydrogen) atoms. The second-order valence-corrected chi connectivity index (χ2v) is 5.47. The normalized spacial score (nSPS) is 11.8. The van der Waals surface area contributed by atoms with E-state index in [0.717, 1.165) is 16.9 Å². The van der Waals surface area contributed by atoms with E-state index in [1.165, 1.54) is 0 Å². The molecule has 0 aliphatic rings. The maximum Gasteiger partial charge on any atom is 0.279 e. The lowest BCUT2D eigenvalue weighted by molar-refractivity contribution is 0.0998. The highest BCUT2D eigenvalue weighted by Gasteiger charge is 2.06. The van der Waals surface area contributed by atoms with Gasteiger partial charge in [-0.15, -0.1) is 0 Å². The van der Waals surface area contributed by atoms with Crippen molar-refractivity contribution in [1.29, 1.82) is 0 Å². The Hall–Kier alpha value is -2.53. The average Bonchev–Trinajstić information content (AvgIpc) is 2.53. The number of nitrogens with zero attached hydrogens (tertiary/aromatic N) is 2. The SMILES string of the molecule is Cn1c(=NC(=O)c2ccccc2)sc(=O)c2ccccc21. The summed E-state index contributed by atoms with van der Waals surface area (Å²) in [6.45, 7) is 0. The highest BCUT2D eigenvalue weighted by Crippen LogP contribution is 2.07. The minimum absolute atomic E-state index is 0.0942. The monoisotopic (exact) mass is 296 g/mol. The summed E-state index contributed by atoms with van der Waals surface area (Å²) >= 11 is 0.976. The van der Waals surface area contributed by atoms with Crippen molar-refractivity contribution in [2.75, 3.05) is 0 Å². The van der Waals surface area contributed by atoms with Crippen molar-refractivity contribution in [3.05, 3.63) is 74.5 Å². The molecule has 0 bridgehead atoms. The van der Waals surface area contributed by atoms with Gasteiger partial charge in [0.2, 0.25) is 4.74 Å². The van der Waals surface area contributed by atoms with Crippen molar-refractivity contribution in [2.45, 2.75) is 0 Å². The predicted molar refractivity (Wildman–Crippen MR) is 83.4 cm³/mol.